The van der Waals surface area contributed by atoms with Crippen LogP contribution in [0.3, 0.4) is 0 Å². The first kappa shape index (κ1) is 12.7. The summed E-state index contributed by atoms with van der Waals surface area (Å²) in [5.74, 6) is 0. The summed E-state index contributed by atoms with van der Waals surface area (Å²) in [6, 6.07) is -36.8. The van der Waals surface area contributed by atoms with Crippen LogP contribution in [-0.4, -0.2) is 13.7 Å². The minimum absolute atomic E-state index is 0.549. The fraction of sp³-hybridized carbons (Fsp3) is 0. The van der Waals surface area contributed by atoms with Gasteiger partial charge in [0.1, 0.15) is 0 Å². The van der Waals surface area contributed by atoms with Crippen LogP contribution < -0.4 is 0 Å². The monoisotopic (exact) mass is 761 g/mol. The molecule has 0 N–H and O–H groups in total. The van der Waals surface area contributed by atoms with Gasteiger partial charge in [-0.05, 0) is 65.5 Å². The molecule has 3 nitrogen and oxygen atoms in total. The first-order valence-electron chi connectivity index (χ1n) is 34.3. The fourth-order valence-corrected chi connectivity index (χ4v) is 7.06. The smallest absolute Gasteiger partial charge is 0.0667 e. The minimum Gasteiger partial charge on any atom is -0.309 e. The summed E-state index contributed by atoms with van der Waals surface area (Å²) in [6.07, 6.45) is 0. The highest BCUT2D eigenvalue weighted by atomic mass is 15.0. The van der Waals surface area contributed by atoms with E-state index in [1.807, 2.05) is 0 Å². The number of hydrogen-bond acceptors (Lipinski definition) is 0. The van der Waals surface area contributed by atoms with Crippen molar-refractivity contribution in [2.75, 3.05) is 0 Å². The Bertz CT molecular complexity index is 5350. The molecule has 0 atom stereocenters. The summed E-state index contributed by atoms with van der Waals surface area (Å²) >= 11 is 0. The predicted octanol–water partition coefficient (Wildman–Crippen LogP) is 14.3. The van der Waals surface area contributed by atoms with E-state index in [0.29, 0.717) is 13.7 Å². The lowest BCUT2D eigenvalue weighted by molar-refractivity contribution is 1.15. The van der Waals surface area contributed by atoms with Gasteiger partial charge in [0.25, 0.3) is 0 Å². The van der Waals surface area contributed by atoms with E-state index in [0.717, 1.165) is 0 Å². The van der Waals surface area contributed by atoms with Crippen LogP contribution in [0.4, 0.5) is 0 Å². The van der Waals surface area contributed by atoms with Gasteiger partial charge in [0.05, 0.1) is 86.8 Å². The normalized spacial score (nSPS) is 20.5. The molecule has 0 unspecified atom stereocenters. The van der Waals surface area contributed by atoms with Crippen molar-refractivity contribution >= 4 is 65.4 Å². The average molecular weight is 761 g/mol. The maximum absolute atomic E-state index is 10.4. The number of nitrogens with zero attached hydrogens (tertiary/aromatic N) is 3. The maximum atomic E-state index is 10.4. The molecule has 0 bridgehead atoms. The van der Waals surface area contributed by atoms with Crippen LogP contribution in [0.5, 0.6) is 0 Å². The van der Waals surface area contributed by atoms with Crippen LogP contribution >= 0.6 is 0 Å². The lowest BCUT2D eigenvalue weighted by atomic mass is 9.95. The molecule has 0 aliphatic rings. The van der Waals surface area contributed by atoms with E-state index in [4.69, 9.17) is 21.9 Å². The molecule has 9 aromatic carbocycles. The van der Waals surface area contributed by atoms with Crippen LogP contribution in [0.15, 0.2) is 211 Å². The first-order chi connectivity index (χ1) is 42.9. The van der Waals surface area contributed by atoms with Gasteiger partial charge in [-0.2, -0.15) is 0 Å². The Balaban J connectivity index is 1.39. The number of rotatable bonds is 5. The van der Waals surface area contributed by atoms with E-state index in [2.05, 4.69) is 0 Å². The first-order valence-corrected chi connectivity index (χ1v) is 16.8. The molecule has 3 heteroatoms. The molecular weight excluding hydrogens is 691 g/mol. The van der Waals surface area contributed by atoms with Crippen molar-refractivity contribution in [3.8, 4) is 39.3 Å². The quantitative estimate of drug-likeness (QED) is 0.166. The SMILES string of the molecule is [2H]c1c([2H])c([2H])c(-c2c([2H])c([2H])c([2H])c(-c3c([2H])c([2H])c([2H])c([2H])c3[2H])c2-n2c3c([2H])c([2H])c([2H])c([2H])c3c3c([2H])c(-n4c5c([2H])c([2H])c([2H])c([2H])c5c5c([2H])c([2H])c(-n6c7c([2H])c([2H])c([2H])c([2H])c7c7c([2H])c([2H])c([2H])c([2H])c76)c([2H])c54)c([2H])c([2H])c32)c([2H])c1[2H]. The lowest BCUT2D eigenvalue weighted by Crippen LogP contribution is -2.01. The largest absolute Gasteiger partial charge is 0.309 e. The molecular formula is C54H35N3. The van der Waals surface area contributed by atoms with Crippen LogP contribution in [-0.2, 0) is 0 Å². The molecule has 3 heterocycles. The van der Waals surface area contributed by atoms with Gasteiger partial charge in [0.2, 0.25) is 0 Å². The van der Waals surface area contributed by atoms with Crippen LogP contribution in [0, 0.1) is 0 Å². The molecule has 12 aromatic rings. The second-order valence-electron chi connectivity index (χ2n) is 12.3. The van der Waals surface area contributed by atoms with E-state index >= 15 is 0 Å². The maximum Gasteiger partial charge on any atom is 0.0667 e. The van der Waals surface area contributed by atoms with Crippen molar-refractivity contribution in [3.63, 3.8) is 0 Å². The minimum atomic E-state index is -1.27. The second-order valence-corrected chi connectivity index (χ2v) is 12.3. The number of fused-ring (bicyclic) bond motifs is 9. The van der Waals surface area contributed by atoms with Gasteiger partial charge < -0.3 is 13.7 Å². The van der Waals surface area contributed by atoms with Gasteiger partial charge >= 0.3 is 0 Å². The third-order valence-electron chi connectivity index (χ3n) is 9.34. The highest BCUT2D eigenvalue weighted by molar-refractivity contribution is 6.14. The van der Waals surface area contributed by atoms with Crippen molar-refractivity contribution < 1.29 is 48.0 Å². The Morgan fingerprint density at radius 1 is 0.263 bits per heavy atom. The van der Waals surface area contributed by atoms with E-state index in [1.165, 1.54) is 0 Å². The molecule has 0 aliphatic heterocycles. The van der Waals surface area contributed by atoms with Gasteiger partial charge in [-0.1, -0.05) is 157 Å². The number of para-hydroxylation sites is 5. The van der Waals surface area contributed by atoms with Crippen molar-refractivity contribution in [2.24, 2.45) is 0 Å². The molecule has 3 aromatic heterocycles. The summed E-state index contributed by atoms with van der Waals surface area (Å²) in [5.41, 5.74) is -11.8. The zero-order valence-electron chi connectivity index (χ0n) is 63.3. The summed E-state index contributed by atoms with van der Waals surface area (Å²) in [4.78, 5) is 0. The molecule has 0 fully saturated rings. The summed E-state index contributed by atoms with van der Waals surface area (Å²) in [5, 5.41) is -4.18. The van der Waals surface area contributed by atoms with E-state index in [-0.39, 0.29) is 0 Å². The standard InChI is InChI=1S/C54H35N3/c1-3-16-36(17-4-1)40-24-15-25-41(37-18-5-2-6-19-37)54(40)57-51-29-14-10-23-45(51)47-34-38(31-33-52(47)57)56-50-28-13-9-22-44(50)46-32-30-39(35-53(46)56)55-48-26-11-7-20-42(48)43-21-8-12-27-49(43)55/h1-35H/i1D,2D,3D,4D,5D,6D,7D,8D,9D,10D,11D,12D,13D,14D,15D,16D,17D,18D,19D,20D,21D,22D,23D,24D,25D,26D,27D,28D,29D,30D,31D,32D,33D,34D,35D. The zero-order valence-corrected chi connectivity index (χ0v) is 28.3. The van der Waals surface area contributed by atoms with Gasteiger partial charge in [0.15, 0.2) is 0 Å². The van der Waals surface area contributed by atoms with E-state index < -0.39 is 316 Å². The fourth-order valence-electron chi connectivity index (χ4n) is 7.06. The summed E-state index contributed by atoms with van der Waals surface area (Å²) in [6.45, 7) is 0. The Labute approximate surface area is 378 Å². The van der Waals surface area contributed by atoms with Crippen molar-refractivity contribution in [1.29, 1.82) is 0 Å². The molecule has 0 amide bonds. The Morgan fingerprint density at radius 3 is 1.19 bits per heavy atom. The van der Waals surface area contributed by atoms with Gasteiger partial charge in [-0.25, -0.2) is 0 Å². The number of hydrogen-bond donors (Lipinski definition) is 0. The van der Waals surface area contributed by atoms with Gasteiger partial charge in [-0.15, -0.1) is 0 Å². The van der Waals surface area contributed by atoms with Crippen LogP contribution in [0.1, 0.15) is 48.0 Å². The highest BCUT2D eigenvalue weighted by Gasteiger charge is 2.22. The Hall–Kier alpha value is -7.62. The second kappa shape index (κ2) is 12.5. The van der Waals surface area contributed by atoms with Gasteiger partial charge in [0, 0.05) is 54.8 Å². The zero-order chi connectivity index (χ0) is 67.9. The topological polar surface area (TPSA) is 14.8 Å². The van der Waals surface area contributed by atoms with Crippen LogP contribution in [0.2, 0.25) is 0 Å². The van der Waals surface area contributed by atoms with Crippen LogP contribution in [0.25, 0.3) is 105 Å². The van der Waals surface area contributed by atoms with Gasteiger partial charge in [-0.3, -0.25) is 0 Å². The van der Waals surface area contributed by atoms with Crippen molar-refractivity contribution in [2.45, 2.75) is 0 Å². The number of aromatic nitrogens is 3. The molecule has 0 spiro atoms. The molecule has 0 saturated carbocycles. The lowest BCUT2D eigenvalue weighted by Gasteiger charge is -2.19. The third kappa shape index (κ3) is 4.73. The average Bonchev–Trinajstić information content (AvgIpc) is 1.50. The molecule has 0 aliphatic carbocycles. The molecule has 12 rings (SSSR count). The van der Waals surface area contributed by atoms with Crippen molar-refractivity contribution in [1.82, 2.24) is 13.7 Å². The third-order valence-corrected chi connectivity index (χ3v) is 9.34. The Kier molecular flexibility index (Phi) is 2.78. The Morgan fingerprint density at radius 2 is 0.649 bits per heavy atom. The van der Waals surface area contributed by atoms with E-state index in [1.54, 1.807) is 0 Å². The number of benzene rings is 9. The molecule has 0 radical (unpaired) electrons. The highest BCUT2D eigenvalue weighted by Crippen LogP contribution is 2.43. The van der Waals surface area contributed by atoms with Crippen molar-refractivity contribution in [3.05, 3.63) is 211 Å². The predicted molar refractivity (Wildman–Crippen MR) is 240 cm³/mol. The van der Waals surface area contributed by atoms with E-state index in [9.17, 15) is 26.0 Å². The molecule has 266 valence electrons. The summed E-state index contributed by atoms with van der Waals surface area (Å²) < 4.78 is 324. The molecule has 57 heavy (non-hydrogen) atoms. The summed E-state index contributed by atoms with van der Waals surface area (Å²) in [7, 11) is 0. The molecule has 0 saturated heterocycles.